The molecule has 1 saturated heterocycles. The fraction of sp³-hybridized carbons (Fsp3) is 0.909. The predicted molar refractivity (Wildman–Crippen MR) is 63.7 cm³/mol. The minimum absolute atomic E-state index is 0.00681. The van der Waals surface area contributed by atoms with Crippen molar-refractivity contribution < 1.29 is 13.2 Å². The number of nitrogens with zero attached hydrogens (tertiary/aromatic N) is 1. The van der Waals surface area contributed by atoms with E-state index in [1.165, 1.54) is 4.31 Å². The molecule has 0 aromatic carbocycles. The van der Waals surface area contributed by atoms with Crippen molar-refractivity contribution in [2.45, 2.75) is 40.0 Å². The lowest BCUT2D eigenvalue weighted by Gasteiger charge is -2.26. The summed E-state index contributed by atoms with van der Waals surface area (Å²) < 4.78 is 25.2. The number of piperidine rings is 1. The molecule has 94 valence electrons. The van der Waals surface area contributed by atoms with E-state index >= 15 is 0 Å². The second-order valence-corrected chi connectivity index (χ2v) is 7.69. The Hall–Kier alpha value is -0.420. The molecule has 0 saturated carbocycles. The molecule has 0 aliphatic carbocycles. The molecule has 1 aliphatic rings. The molecule has 0 unspecified atom stereocenters. The fourth-order valence-electron chi connectivity index (χ4n) is 1.61. The number of hydrogen-bond acceptors (Lipinski definition) is 3. The highest BCUT2D eigenvalue weighted by Crippen LogP contribution is 2.21. The maximum Gasteiger partial charge on any atom is 0.214 e. The SMILES string of the molecule is CC(C)(C)CCS(=O)(=O)N1CCCC(=O)C1. The van der Waals surface area contributed by atoms with Crippen molar-refractivity contribution in [3.63, 3.8) is 0 Å². The predicted octanol–water partition coefficient (Wildman–Crippen LogP) is 1.42. The summed E-state index contributed by atoms with van der Waals surface area (Å²) in [6.07, 6.45) is 1.80. The summed E-state index contributed by atoms with van der Waals surface area (Å²) in [5.74, 6) is 0.176. The van der Waals surface area contributed by atoms with E-state index in [4.69, 9.17) is 0 Å². The molecule has 16 heavy (non-hydrogen) atoms. The topological polar surface area (TPSA) is 54.5 Å². The summed E-state index contributed by atoms with van der Waals surface area (Å²) in [6.45, 7) is 6.63. The van der Waals surface area contributed by atoms with Crippen LogP contribution >= 0.6 is 0 Å². The first kappa shape index (κ1) is 13.6. The van der Waals surface area contributed by atoms with Crippen LogP contribution in [0.3, 0.4) is 0 Å². The molecule has 0 N–H and O–H groups in total. The highest BCUT2D eigenvalue weighted by molar-refractivity contribution is 7.89. The number of sulfonamides is 1. The highest BCUT2D eigenvalue weighted by atomic mass is 32.2. The molecule has 0 aromatic heterocycles. The van der Waals surface area contributed by atoms with Crippen LogP contribution in [-0.2, 0) is 14.8 Å². The van der Waals surface area contributed by atoms with Crippen LogP contribution < -0.4 is 0 Å². The summed E-state index contributed by atoms with van der Waals surface area (Å²) in [7, 11) is -3.24. The van der Waals surface area contributed by atoms with Crippen LogP contribution in [0.5, 0.6) is 0 Å². The molecule has 5 heteroatoms. The molecule has 0 spiro atoms. The molecule has 1 aliphatic heterocycles. The molecule has 0 amide bonds. The average molecular weight is 247 g/mol. The van der Waals surface area contributed by atoms with Gasteiger partial charge in [-0.05, 0) is 18.3 Å². The van der Waals surface area contributed by atoms with Crippen molar-refractivity contribution in [3.05, 3.63) is 0 Å². The van der Waals surface area contributed by atoms with Gasteiger partial charge in [-0.1, -0.05) is 20.8 Å². The van der Waals surface area contributed by atoms with E-state index < -0.39 is 10.0 Å². The molecule has 1 heterocycles. The molecule has 0 aromatic rings. The van der Waals surface area contributed by atoms with Gasteiger partial charge < -0.3 is 0 Å². The zero-order chi connectivity index (χ0) is 12.4. The number of rotatable bonds is 3. The Labute approximate surface area is 98.1 Å². The van der Waals surface area contributed by atoms with E-state index in [9.17, 15) is 13.2 Å². The Morgan fingerprint density at radius 2 is 1.94 bits per heavy atom. The normalized spacial score (nSPS) is 20.1. The lowest BCUT2D eigenvalue weighted by atomic mass is 9.94. The lowest BCUT2D eigenvalue weighted by molar-refractivity contribution is -0.120. The average Bonchev–Trinajstić information content (AvgIpc) is 2.14. The number of hydrogen-bond donors (Lipinski definition) is 0. The van der Waals surface area contributed by atoms with Crippen molar-refractivity contribution in [2.24, 2.45) is 5.41 Å². The largest absolute Gasteiger partial charge is 0.298 e. The van der Waals surface area contributed by atoms with Gasteiger partial charge >= 0.3 is 0 Å². The van der Waals surface area contributed by atoms with Gasteiger partial charge in [0.2, 0.25) is 10.0 Å². The maximum absolute atomic E-state index is 12.0. The summed E-state index contributed by atoms with van der Waals surface area (Å²) in [5.41, 5.74) is 0.00681. The molecular weight excluding hydrogens is 226 g/mol. The second kappa shape index (κ2) is 4.84. The van der Waals surface area contributed by atoms with E-state index in [1.54, 1.807) is 0 Å². The Morgan fingerprint density at radius 3 is 2.44 bits per heavy atom. The Balaban J connectivity index is 2.60. The van der Waals surface area contributed by atoms with Crippen molar-refractivity contribution in [3.8, 4) is 0 Å². The number of carbonyl (C=O) groups is 1. The van der Waals surface area contributed by atoms with Crippen LogP contribution in [0, 0.1) is 5.41 Å². The quantitative estimate of drug-likeness (QED) is 0.758. The van der Waals surface area contributed by atoms with E-state index in [0.717, 1.165) is 0 Å². The standard InChI is InChI=1S/C11H21NO3S/c1-11(2,3)6-8-16(14,15)12-7-4-5-10(13)9-12/h4-9H2,1-3H3. The molecule has 0 atom stereocenters. The Bertz CT molecular complexity index is 354. The van der Waals surface area contributed by atoms with Crippen LogP contribution in [0.15, 0.2) is 0 Å². The first-order chi connectivity index (χ1) is 7.21. The van der Waals surface area contributed by atoms with Crippen molar-refractivity contribution in [1.29, 1.82) is 0 Å². The van der Waals surface area contributed by atoms with Gasteiger partial charge in [0.15, 0.2) is 0 Å². The van der Waals surface area contributed by atoms with E-state index in [-0.39, 0.29) is 23.5 Å². The van der Waals surface area contributed by atoms with E-state index in [2.05, 4.69) is 0 Å². The highest BCUT2D eigenvalue weighted by Gasteiger charge is 2.28. The third-order valence-electron chi connectivity index (χ3n) is 2.72. The summed E-state index contributed by atoms with van der Waals surface area (Å²) >= 11 is 0. The van der Waals surface area contributed by atoms with Gasteiger partial charge in [-0.3, -0.25) is 4.79 Å². The molecule has 0 radical (unpaired) electrons. The van der Waals surface area contributed by atoms with E-state index in [1.807, 2.05) is 20.8 Å². The van der Waals surface area contributed by atoms with Gasteiger partial charge in [0.25, 0.3) is 0 Å². The van der Waals surface area contributed by atoms with Crippen LogP contribution in [0.4, 0.5) is 0 Å². The molecule has 4 nitrogen and oxygen atoms in total. The third kappa shape index (κ3) is 4.22. The van der Waals surface area contributed by atoms with Gasteiger partial charge in [-0.2, -0.15) is 4.31 Å². The van der Waals surface area contributed by atoms with Gasteiger partial charge in [0, 0.05) is 13.0 Å². The molecule has 1 rings (SSSR count). The Morgan fingerprint density at radius 1 is 1.31 bits per heavy atom. The van der Waals surface area contributed by atoms with Gasteiger partial charge in [-0.25, -0.2) is 8.42 Å². The van der Waals surface area contributed by atoms with Crippen LogP contribution in [-0.4, -0.2) is 37.3 Å². The summed E-state index contributed by atoms with van der Waals surface area (Å²) in [6, 6.07) is 0. The van der Waals surface area contributed by atoms with Gasteiger partial charge in [0.1, 0.15) is 5.78 Å². The van der Waals surface area contributed by atoms with Crippen molar-refractivity contribution >= 4 is 15.8 Å². The smallest absolute Gasteiger partial charge is 0.214 e. The molecule has 0 bridgehead atoms. The second-order valence-electron chi connectivity index (χ2n) is 5.60. The van der Waals surface area contributed by atoms with E-state index in [0.29, 0.717) is 25.8 Å². The van der Waals surface area contributed by atoms with Crippen LogP contribution in [0.1, 0.15) is 40.0 Å². The number of Topliss-reactive ketones (excluding diaryl/α,β-unsaturated/α-hetero) is 1. The zero-order valence-electron chi connectivity index (χ0n) is 10.3. The summed E-state index contributed by atoms with van der Waals surface area (Å²) in [5, 5.41) is 0. The maximum atomic E-state index is 12.0. The van der Waals surface area contributed by atoms with Crippen LogP contribution in [0.25, 0.3) is 0 Å². The zero-order valence-corrected chi connectivity index (χ0v) is 11.1. The monoisotopic (exact) mass is 247 g/mol. The van der Waals surface area contributed by atoms with Crippen molar-refractivity contribution in [2.75, 3.05) is 18.8 Å². The van der Waals surface area contributed by atoms with Gasteiger partial charge in [0.05, 0.1) is 12.3 Å². The fourth-order valence-corrected chi connectivity index (χ4v) is 3.49. The lowest BCUT2D eigenvalue weighted by Crippen LogP contribution is -2.41. The minimum atomic E-state index is -3.24. The molecule has 1 fully saturated rings. The Kier molecular flexibility index (Phi) is 4.12. The van der Waals surface area contributed by atoms with Gasteiger partial charge in [-0.15, -0.1) is 0 Å². The first-order valence-electron chi connectivity index (χ1n) is 5.70. The number of ketones is 1. The minimum Gasteiger partial charge on any atom is -0.298 e. The molecular formula is C11H21NO3S. The number of carbonyl (C=O) groups excluding carboxylic acids is 1. The van der Waals surface area contributed by atoms with Crippen LogP contribution in [0.2, 0.25) is 0 Å². The summed E-state index contributed by atoms with van der Waals surface area (Å²) in [4.78, 5) is 11.2. The first-order valence-corrected chi connectivity index (χ1v) is 7.31. The third-order valence-corrected chi connectivity index (χ3v) is 4.54. The van der Waals surface area contributed by atoms with Crippen molar-refractivity contribution in [1.82, 2.24) is 4.31 Å².